The van der Waals surface area contributed by atoms with E-state index in [4.69, 9.17) is 5.73 Å². The molecule has 3 N–H and O–H groups in total. The van der Waals surface area contributed by atoms with Gasteiger partial charge in [0.05, 0.1) is 6.10 Å². The highest BCUT2D eigenvalue weighted by Gasteiger charge is 2.36. The van der Waals surface area contributed by atoms with Crippen LogP contribution in [-0.2, 0) is 0 Å². The van der Waals surface area contributed by atoms with Crippen LogP contribution >= 0.6 is 0 Å². The first kappa shape index (κ1) is 13.0. The molecule has 0 saturated heterocycles. The van der Waals surface area contributed by atoms with E-state index < -0.39 is 0 Å². The molecule has 0 amide bonds. The molecule has 0 spiro atoms. The fourth-order valence-electron chi connectivity index (χ4n) is 2.81. The van der Waals surface area contributed by atoms with Gasteiger partial charge in [-0.15, -0.1) is 0 Å². The number of aliphatic hydroxyl groups excluding tert-OH is 1. The maximum atomic E-state index is 10.3. The van der Waals surface area contributed by atoms with Crippen molar-refractivity contribution in [2.75, 3.05) is 6.54 Å². The summed E-state index contributed by atoms with van der Waals surface area (Å²) in [6.45, 7) is 2.84. The molecule has 1 rings (SSSR count). The SMILES string of the molecule is CCCCC(O)C1(CN)CCCCCC1. The Morgan fingerprint density at radius 3 is 2.27 bits per heavy atom. The van der Waals surface area contributed by atoms with Crippen LogP contribution in [0.3, 0.4) is 0 Å². The Bertz CT molecular complexity index is 162. The lowest BCUT2D eigenvalue weighted by Gasteiger charge is -2.36. The molecule has 0 aromatic heterocycles. The molecular weight excluding hydrogens is 186 g/mol. The summed E-state index contributed by atoms with van der Waals surface area (Å²) in [5.74, 6) is 0. The first-order valence-electron chi connectivity index (χ1n) is 6.63. The predicted octanol–water partition coefficient (Wildman–Crippen LogP) is 2.84. The molecule has 2 nitrogen and oxygen atoms in total. The highest BCUT2D eigenvalue weighted by Crippen LogP contribution is 2.38. The number of nitrogens with two attached hydrogens (primary N) is 1. The van der Waals surface area contributed by atoms with Gasteiger partial charge < -0.3 is 10.8 Å². The van der Waals surface area contributed by atoms with Gasteiger partial charge in [0.1, 0.15) is 0 Å². The second-order valence-electron chi connectivity index (χ2n) is 5.14. The summed E-state index contributed by atoms with van der Waals surface area (Å²) in [5.41, 5.74) is 5.97. The summed E-state index contributed by atoms with van der Waals surface area (Å²) in [6, 6.07) is 0. The van der Waals surface area contributed by atoms with Crippen LogP contribution in [0.4, 0.5) is 0 Å². The molecule has 0 aliphatic heterocycles. The quantitative estimate of drug-likeness (QED) is 0.690. The highest BCUT2D eigenvalue weighted by atomic mass is 16.3. The number of aliphatic hydroxyl groups is 1. The van der Waals surface area contributed by atoms with Crippen molar-refractivity contribution in [3.05, 3.63) is 0 Å². The average molecular weight is 213 g/mol. The average Bonchev–Trinajstić information content (AvgIpc) is 2.52. The lowest BCUT2D eigenvalue weighted by molar-refractivity contribution is 0.0108. The monoisotopic (exact) mass is 213 g/mol. The number of hydrogen-bond acceptors (Lipinski definition) is 2. The van der Waals surface area contributed by atoms with Crippen molar-refractivity contribution in [1.82, 2.24) is 0 Å². The van der Waals surface area contributed by atoms with Crippen LogP contribution in [0.1, 0.15) is 64.7 Å². The van der Waals surface area contributed by atoms with Gasteiger partial charge in [-0.05, 0) is 19.3 Å². The molecule has 0 aromatic carbocycles. The molecule has 1 aliphatic carbocycles. The van der Waals surface area contributed by atoms with E-state index in [1.165, 1.54) is 25.7 Å². The standard InChI is InChI=1S/C13H27NO/c1-2-3-8-12(15)13(11-14)9-6-4-5-7-10-13/h12,15H,2-11,14H2,1H3. The van der Waals surface area contributed by atoms with Gasteiger partial charge >= 0.3 is 0 Å². The van der Waals surface area contributed by atoms with Crippen molar-refractivity contribution in [1.29, 1.82) is 0 Å². The largest absolute Gasteiger partial charge is 0.393 e. The first-order valence-corrected chi connectivity index (χ1v) is 6.63. The van der Waals surface area contributed by atoms with Gasteiger partial charge in [0, 0.05) is 12.0 Å². The van der Waals surface area contributed by atoms with E-state index in [1.807, 2.05) is 0 Å². The maximum absolute atomic E-state index is 10.3. The van der Waals surface area contributed by atoms with Gasteiger partial charge in [0.25, 0.3) is 0 Å². The summed E-state index contributed by atoms with van der Waals surface area (Å²) < 4.78 is 0. The third kappa shape index (κ3) is 3.46. The van der Waals surface area contributed by atoms with Gasteiger partial charge in [-0.2, -0.15) is 0 Å². The zero-order chi connectivity index (χ0) is 11.1. The summed E-state index contributed by atoms with van der Waals surface area (Å²) in [4.78, 5) is 0. The third-order valence-corrected chi connectivity index (χ3v) is 4.04. The molecule has 1 unspecified atom stereocenters. The van der Waals surface area contributed by atoms with Crippen LogP contribution in [-0.4, -0.2) is 17.8 Å². The maximum Gasteiger partial charge on any atom is 0.0608 e. The Morgan fingerprint density at radius 1 is 1.20 bits per heavy atom. The Balaban J connectivity index is 2.55. The van der Waals surface area contributed by atoms with Crippen LogP contribution in [0.15, 0.2) is 0 Å². The third-order valence-electron chi connectivity index (χ3n) is 4.04. The van der Waals surface area contributed by atoms with E-state index in [9.17, 15) is 5.11 Å². The Morgan fingerprint density at radius 2 is 1.80 bits per heavy atom. The summed E-state index contributed by atoms with van der Waals surface area (Å²) in [7, 11) is 0. The van der Waals surface area contributed by atoms with Gasteiger partial charge in [-0.25, -0.2) is 0 Å². The van der Waals surface area contributed by atoms with Crippen molar-refractivity contribution < 1.29 is 5.11 Å². The summed E-state index contributed by atoms with van der Waals surface area (Å²) in [6.07, 6.45) is 10.5. The summed E-state index contributed by atoms with van der Waals surface area (Å²) >= 11 is 0. The normalized spacial score (nSPS) is 23.4. The molecule has 0 radical (unpaired) electrons. The van der Waals surface area contributed by atoms with E-state index >= 15 is 0 Å². The van der Waals surface area contributed by atoms with Crippen molar-refractivity contribution >= 4 is 0 Å². The molecule has 0 aromatic rings. The zero-order valence-electron chi connectivity index (χ0n) is 10.2. The fraction of sp³-hybridized carbons (Fsp3) is 1.00. The molecule has 1 saturated carbocycles. The van der Waals surface area contributed by atoms with Crippen molar-refractivity contribution in [2.45, 2.75) is 70.8 Å². The molecule has 90 valence electrons. The number of rotatable bonds is 5. The van der Waals surface area contributed by atoms with E-state index in [-0.39, 0.29) is 11.5 Å². The number of unbranched alkanes of at least 4 members (excludes halogenated alkanes) is 1. The molecule has 15 heavy (non-hydrogen) atoms. The van der Waals surface area contributed by atoms with Crippen molar-refractivity contribution in [3.8, 4) is 0 Å². The van der Waals surface area contributed by atoms with E-state index in [2.05, 4.69) is 6.92 Å². The summed E-state index contributed by atoms with van der Waals surface area (Å²) in [5, 5.41) is 10.3. The topological polar surface area (TPSA) is 46.2 Å². The molecule has 1 atom stereocenters. The van der Waals surface area contributed by atoms with Crippen LogP contribution in [0.5, 0.6) is 0 Å². The van der Waals surface area contributed by atoms with Gasteiger partial charge in [-0.3, -0.25) is 0 Å². The molecule has 1 fully saturated rings. The first-order chi connectivity index (χ1) is 7.25. The van der Waals surface area contributed by atoms with Crippen molar-refractivity contribution in [3.63, 3.8) is 0 Å². The van der Waals surface area contributed by atoms with Crippen molar-refractivity contribution in [2.24, 2.45) is 11.1 Å². The second-order valence-corrected chi connectivity index (χ2v) is 5.14. The van der Waals surface area contributed by atoms with Gasteiger partial charge in [-0.1, -0.05) is 45.4 Å². The molecule has 0 heterocycles. The minimum Gasteiger partial charge on any atom is -0.393 e. The Kier molecular flexibility index (Phi) is 5.62. The van der Waals surface area contributed by atoms with Crippen LogP contribution in [0.25, 0.3) is 0 Å². The van der Waals surface area contributed by atoms with E-state index in [0.29, 0.717) is 6.54 Å². The minimum absolute atomic E-state index is 0.0473. The molecular formula is C13H27NO. The Hall–Kier alpha value is -0.0800. The predicted molar refractivity (Wildman–Crippen MR) is 64.7 cm³/mol. The second kappa shape index (κ2) is 6.49. The van der Waals surface area contributed by atoms with Crippen LogP contribution < -0.4 is 5.73 Å². The number of hydrogen-bond donors (Lipinski definition) is 2. The molecule has 1 aliphatic rings. The van der Waals surface area contributed by atoms with Gasteiger partial charge in [0.2, 0.25) is 0 Å². The highest BCUT2D eigenvalue weighted by molar-refractivity contribution is 4.88. The Labute approximate surface area is 94.2 Å². The van der Waals surface area contributed by atoms with Gasteiger partial charge in [0.15, 0.2) is 0 Å². The fourth-order valence-corrected chi connectivity index (χ4v) is 2.81. The molecule has 2 heteroatoms. The lowest BCUT2D eigenvalue weighted by Crippen LogP contribution is -2.41. The smallest absolute Gasteiger partial charge is 0.0608 e. The zero-order valence-corrected chi connectivity index (χ0v) is 10.2. The van der Waals surface area contributed by atoms with Crippen LogP contribution in [0.2, 0.25) is 0 Å². The molecule has 0 bridgehead atoms. The van der Waals surface area contributed by atoms with E-state index in [1.54, 1.807) is 0 Å². The van der Waals surface area contributed by atoms with Crippen LogP contribution in [0, 0.1) is 5.41 Å². The minimum atomic E-state index is -0.166. The lowest BCUT2D eigenvalue weighted by atomic mass is 9.74. The van der Waals surface area contributed by atoms with E-state index in [0.717, 1.165) is 32.1 Å².